The Kier molecular flexibility index (Phi) is 7.39. The molecular weight excluding hydrogens is 446 g/mol. The molecule has 1 heterocycles. The number of nitrogens with one attached hydrogen (secondary N) is 1. The highest BCUT2D eigenvalue weighted by molar-refractivity contribution is 7.92. The Morgan fingerprint density at radius 3 is 2.30 bits per heavy atom. The SMILES string of the molecule is CC(C)S(=O)(=O)c1ccc(Oc2cc(O[C@@H](C)CO)cc(C(=O)Nc3ccn(C)n3)c2)cc1. The number of rotatable bonds is 9. The van der Waals surface area contributed by atoms with Gasteiger partial charge in [-0.2, -0.15) is 5.10 Å². The van der Waals surface area contributed by atoms with Crippen LogP contribution in [0.1, 0.15) is 31.1 Å². The monoisotopic (exact) mass is 473 g/mol. The third-order valence-electron chi connectivity index (χ3n) is 4.70. The number of aryl methyl sites for hydroxylation is 1. The van der Waals surface area contributed by atoms with Gasteiger partial charge >= 0.3 is 0 Å². The van der Waals surface area contributed by atoms with Crippen LogP contribution in [0.2, 0.25) is 0 Å². The van der Waals surface area contributed by atoms with Crippen molar-refractivity contribution < 1.29 is 27.8 Å². The van der Waals surface area contributed by atoms with Crippen molar-refractivity contribution in [3.8, 4) is 17.2 Å². The maximum absolute atomic E-state index is 12.8. The Hall–Kier alpha value is -3.37. The van der Waals surface area contributed by atoms with E-state index in [1.54, 1.807) is 63.0 Å². The minimum absolute atomic E-state index is 0.202. The number of carbonyl (C=O) groups is 1. The van der Waals surface area contributed by atoms with Crippen LogP contribution in [-0.2, 0) is 16.9 Å². The van der Waals surface area contributed by atoms with E-state index in [0.29, 0.717) is 23.1 Å². The molecule has 0 spiro atoms. The third-order valence-corrected chi connectivity index (χ3v) is 6.87. The van der Waals surface area contributed by atoms with Gasteiger partial charge in [0.2, 0.25) is 0 Å². The number of carbonyl (C=O) groups excluding carboxylic acids is 1. The van der Waals surface area contributed by atoms with Crippen LogP contribution in [0, 0.1) is 0 Å². The van der Waals surface area contributed by atoms with Gasteiger partial charge in [0.1, 0.15) is 23.4 Å². The van der Waals surface area contributed by atoms with Gasteiger partial charge in [-0.3, -0.25) is 9.48 Å². The normalized spacial score (nSPS) is 12.4. The molecule has 0 bridgehead atoms. The van der Waals surface area contributed by atoms with Gasteiger partial charge in [-0.25, -0.2) is 8.42 Å². The number of amides is 1. The summed E-state index contributed by atoms with van der Waals surface area (Å²) in [7, 11) is -1.66. The van der Waals surface area contributed by atoms with Crippen molar-refractivity contribution in [3.63, 3.8) is 0 Å². The molecule has 1 amide bonds. The molecular formula is C23H27N3O6S. The molecule has 0 unspecified atom stereocenters. The second-order valence-corrected chi connectivity index (χ2v) is 10.3. The molecule has 0 aliphatic rings. The summed E-state index contributed by atoms with van der Waals surface area (Å²) in [5.41, 5.74) is 0.261. The Labute approximate surface area is 192 Å². The highest BCUT2D eigenvalue weighted by Crippen LogP contribution is 2.29. The second kappa shape index (κ2) is 10.1. The van der Waals surface area contributed by atoms with Crippen molar-refractivity contribution in [2.45, 2.75) is 37.0 Å². The zero-order valence-electron chi connectivity index (χ0n) is 18.8. The number of aromatic nitrogens is 2. The first-order valence-corrected chi connectivity index (χ1v) is 11.9. The van der Waals surface area contributed by atoms with Gasteiger partial charge in [0.15, 0.2) is 15.7 Å². The van der Waals surface area contributed by atoms with Crippen LogP contribution in [-0.4, -0.2) is 47.2 Å². The zero-order chi connectivity index (χ0) is 24.2. The van der Waals surface area contributed by atoms with Crippen LogP contribution in [0.5, 0.6) is 17.2 Å². The minimum Gasteiger partial charge on any atom is -0.488 e. The highest BCUT2D eigenvalue weighted by Gasteiger charge is 2.19. The topological polar surface area (TPSA) is 120 Å². The van der Waals surface area contributed by atoms with E-state index in [0.717, 1.165) is 0 Å². The van der Waals surface area contributed by atoms with Gasteiger partial charge in [0.25, 0.3) is 5.91 Å². The average Bonchev–Trinajstić information content (AvgIpc) is 3.18. The summed E-state index contributed by atoms with van der Waals surface area (Å²) >= 11 is 0. The number of hydrogen-bond acceptors (Lipinski definition) is 7. The molecule has 1 aromatic heterocycles. The van der Waals surface area contributed by atoms with E-state index in [4.69, 9.17) is 9.47 Å². The predicted octanol–water partition coefficient (Wildman–Crippen LogP) is 3.41. The van der Waals surface area contributed by atoms with E-state index < -0.39 is 27.1 Å². The molecule has 0 saturated carbocycles. The molecule has 0 aliphatic heterocycles. The lowest BCUT2D eigenvalue weighted by Crippen LogP contribution is -2.17. The van der Waals surface area contributed by atoms with E-state index in [1.807, 2.05) is 0 Å². The zero-order valence-corrected chi connectivity index (χ0v) is 19.7. The predicted molar refractivity (Wildman–Crippen MR) is 124 cm³/mol. The fourth-order valence-electron chi connectivity index (χ4n) is 2.88. The van der Waals surface area contributed by atoms with Gasteiger partial charge in [0, 0.05) is 30.9 Å². The average molecular weight is 474 g/mol. The number of anilines is 1. The summed E-state index contributed by atoms with van der Waals surface area (Å²) in [6.45, 7) is 4.73. The van der Waals surface area contributed by atoms with Crippen molar-refractivity contribution in [1.82, 2.24) is 9.78 Å². The number of nitrogens with zero attached hydrogens (tertiary/aromatic N) is 2. The fourth-order valence-corrected chi connectivity index (χ4v) is 3.93. The van der Waals surface area contributed by atoms with Crippen LogP contribution in [0.15, 0.2) is 59.6 Å². The smallest absolute Gasteiger partial charge is 0.257 e. The van der Waals surface area contributed by atoms with E-state index in [9.17, 15) is 18.3 Å². The summed E-state index contributed by atoms with van der Waals surface area (Å²) in [5, 5.41) is 15.6. The Bertz CT molecular complexity index is 1220. The first kappa shape index (κ1) is 24.3. The molecule has 0 saturated heterocycles. The quantitative estimate of drug-likeness (QED) is 0.489. The van der Waals surface area contributed by atoms with Crippen LogP contribution in [0.4, 0.5) is 5.82 Å². The number of sulfone groups is 1. The first-order valence-electron chi connectivity index (χ1n) is 10.3. The highest BCUT2D eigenvalue weighted by atomic mass is 32.2. The van der Waals surface area contributed by atoms with Crippen LogP contribution in [0.3, 0.4) is 0 Å². The lowest BCUT2D eigenvalue weighted by Gasteiger charge is -2.15. The Balaban J connectivity index is 1.87. The largest absolute Gasteiger partial charge is 0.488 e. The van der Waals surface area contributed by atoms with E-state index in [-0.39, 0.29) is 17.1 Å². The number of hydrogen-bond donors (Lipinski definition) is 2. The van der Waals surface area contributed by atoms with E-state index in [1.165, 1.54) is 24.3 Å². The Morgan fingerprint density at radius 1 is 1.06 bits per heavy atom. The van der Waals surface area contributed by atoms with Crippen LogP contribution in [0.25, 0.3) is 0 Å². The molecule has 2 aromatic carbocycles. The summed E-state index contributed by atoms with van der Waals surface area (Å²) in [6.07, 6.45) is 1.21. The molecule has 33 heavy (non-hydrogen) atoms. The van der Waals surface area contributed by atoms with Gasteiger partial charge in [0.05, 0.1) is 16.8 Å². The number of aliphatic hydroxyl groups excluding tert-OH is 1. The minimum atomic E-state index is -3.40. The van der Waals surface area contributed by atoms with Gasteiger partial charge < -0.3 is 19.9 Å². The first-order chi connectivity index (χ1) is 15.6. The van der Waals surface area contributed by atoms with Crippen molar-refractivity contribution in [1.29, 1.82) is 0 Å². The number of ether oxygens (including phenoxy) is 2. The van der Waals surface area contributed by atoms with E-state index >= 15 is 0 Å². The molecule has 3 aromatic rings. The van der Waals surface area contributed by atoms with Crippen molar-refractivity contribution in [2.24, 2.45) is 7.05 Å². The fraction of sp³-hybridized carbons (Fsp3) is 0.304. The van der Waals surface area contributed by atoms with Crippen LogP contribution < -0.4 is 14.8 Å². The van der Waals surface area contributed by atoms with Gasteiger partial charge in [-0.15, -0.1) is 0 Å². The summed E-state index contributed by atoms with van der Waals surface area (Å²) in [6, 6.07) is 12.4. The number of aliphatic hydroxyl groups is 1. The lowest BCUT2D eigenvalue weighted by atomic mass is 10.2. The lowest BCUT2D eigenvalue weighted by molar-refractivity contribution is 0.102. The molecule has 0 aliphatic carbocycles. The summed E-state index contributed by atoms with van der Waals surface area (Å²) in [4.78, 5) is 13.0. The maximum Gasteiger partial charge on any atom is 0.257 e. The molecule has 9 nitrogen and oxygen atoms in total. The second-order valence-electron chi connectivity index (χ2n) is 7.80. The summed E-state index contributed by atoms with van der Waals surface area (Å²) in [5.74, 6) is 1.00. The molecule has 0 fully saturated rings. The third kappa shape index (κ3) is 6.11. The maximum atomic E-state index is 12.8. The molecule has 1 atom stereocenters. The van der Waals surface area contributed by atoms with Crippen molar-refractivity contribution in [2.75, 3.05) is 11.9 Å². The summed E-state index contributed by atoms with van der Waals surface area (Å²) < 4.78 is 37.7. The van der Waals surface area contributed by atoms with Gasteiger partial charge in [-0.1, -0.05) is 0 Å². The van der Waals surface area contributed by atoms with Crippen molar-refractivity contribution >= 4 is 21.6 Å². The molecule has 0 radical (unpaired) electrons. The molecule has 176 valence electrons. The standard InChI is InChI=1S/C23H27N3O6S/c1-15(2)33(29,30)21-7-5-18(6-8-21)32-20-12-17(11-19(13-20)31-16(3)14-27)23(28)24-22-9-10-26(4)25-22/h5-13,15-16,27H,14H2,1-4H3,(H,24,25,28)/t16-/m0/s1. The molecule has 3 rings (SSSR count). The van der Waals surface area contributed by atoms with E-state index in [2.05, 4.69) is 10.4 Å². The van der Waals surface area contributed by atoms with Crippen molar-refractivity contribution in [3.05, 3.63) is 60.3 Å². The Morgan fingerprint density at radius 2 is 1.73 bits per heavy atom. The van der Waals surface area contributed by atoms with Crippen LogP contribution >= 0.6 is 0 Å². The molecule has 2 N–H and O–H groups in total. The molecule has 10 heteroatoms. The van der Waals surface area contributed by atoms with Gasteiger partial charge in [-0.05, 0) is 57.2 Å². The number of benzene rings is 2.